The maximum absolute atomic E-state index is 11.2. The number of anilines is 1. The second kappa shape index (κ2) is 12.6. The van der Waals surface area contributed by atoms with Crippen LogP contribution in [0.2, 0.25) is 0 Å². The van der Waals surface area contributed by atoms with Crippen molar-refractivity contribution in [3.8, 4) is 11.5 Å². The summed E-state index contributed by atoms with van der Waals surface area (Å²) in [6.07, 6.45) is -0.587. The molecule has 0 saturated heterocycles. The van der Waals surface area contributed by atoms with E-state index < -0.39 is 11.0 Å². The Kier molecular flexibility index (Phi) is 10.9. The van der Waals surface area contributed by atoms with E-state index in [0.717, 1.165) is 29.5 Å². The highest BCUT2D eigenvalue weighted by Crippen LogP contribution is 2.38. The number of aromatic nitrogens is 1. The molecule has 0 fully saturated rings. The van der Waals surface area contributed by atoms with Crippen LogP contribution in [0, 0.1) is 10.1 Å². The van der Waals surface area contributed by atoms with Crippen molar-refractivity contribution in [3.63, 3.8) is 0 Å². The highest BCUT2D eigenvalue weighted by molar-refractivity contribution is 6.08. The molecule has 0 amide bonds. The lowest BCUT2D eigenvalue weighted by Gasteiger charge is -2.23. The van der Waals surface area contributed by atoms with Gasteiger partial charge in [0.1, 0.15) is 0 Å². The summed E-state index contributed by atoms with van der Waals surface area (Å²) in [5.74, 6) is 1.06. The molecule has 33 heavy (non-hydrogen) atoms. The van der Waals surface area contributed by atoms with Gasteiger partial charge in [0.15, 0.2) is 11.5 Å². The molecule has 3 aromatic rings. The first-order valence-corrected chi connectivity index (χ1v) is 10.2. The molecule has 1 atom stereocenters. The summed E-state index contributed by atoms with van der Waals surface area (Å²) in [4.78, 5) is 17.6. The molecule has 1 heterocycles. The highest BCUT2D eigenvalue weighted by Gasteiger charge is 2.17. The topological polar surface area (TPSA) is 110 Å². The van der Waals surface area contributed by atoms with Crippen LogP contribution in [0.15, 0.2) is 30.3 Å². The SMILES string of the molecule is CCN(CC)CC(O)CNc1c2ccc([N+](=O)[O-])cc2nc2cc(OC)c(OC)cc12.Cl.Cl. The number of nitro groups is 1. The van der Waals surface area contributed by atoms with Gasteiger partial charge in [-0.1, -0.05) is 13.8 Å². The first-order valence-electron chi connectivity index (χ1n) is 10.2. The van der Waals surface area contributed by atoms with Crippen LogP contribution in [-0.2, 0) is 0 Å². The molecule has 0 saturated carbocycles. The summed E-state index contributed by atoms with van der Waals surface area (Å²) in [6.45, 7) is 6.69. The van der Waals surface area contributed by atoms with Crippen molar-refractivity contribution in [3.05, 3.63) is 40.4 Å². The smallest absolute Gasteiger partial charge is 0.271 e. The predicted octanol–water partition coefficient (Wildman–Crippen LogP) is 4.27. The molecule has 0 spiro atoms. The number of methoxy groups -OCH3 is 2. The van der Waals surface area contributed by atoms with Gasteiger partial charge in [0.05, 0.1) is 42.0 Å². The number of hydrogen-bond donors (Lipinski definition) is 2. The average Bonchev–Trinajstić information content (AvgIpc) is 2.78. The number of halogens is 2. The minimum absolute atomic E-state index is 0. The van der Waals surface area contributed by atoms with Crippen LogP contribution in [0.5, 0.6) is 11.5 Å². The normalized spacial score (nSPS) is 11.6. The minimum Gasteiger partial charge on any atom is -0.493 e. The largest absolute Gasteiger partial charge is 0.493 e. The Labute approximate surface area is 205 Å². The van der Waals surface area contributed by atoms with E-state index >= 15 is 0 Å². The van der Waals surface area contributed by atoms with E-state index in [1.807, 2.05) is 6.07 Å². The standard InChI is InChI=1S/C22H28N4O5.2ClH/c1-5-25(6-2)13-15(27)12-23-22-16-8-7-14(26(28)29)9-18(16)24-19-11-21(31-4)20(30-3)10-17(19)22;;/h7-11,15,27H,5-6,12-13H2,1-4H3,(H,23,24);2*1H. The van der Waals surface area contributed by atoms with Gasteiger partial charge in [-0.25, -0.2) is 4.98 Å². The molecule has 0 bridgehead atoms. The molecule has 11 heteroatoms. The van der Waals surface area contributed by atoms with Crippen LogP contribution < -0.4 is 14.8 Å². The Balaban J connectivity index is 0.00000272. The van der Waals surface area contributed by atoms with Gasteiger partial charge >= 0.3 is 0 Å². The van der Waals surface area contributed by atoms with Gasteiger partial charge in [0.2, 0.25) is 0 Å². The number of nitrogens with one attached hydrogen (secondary N) is 1. The number of aliphatic hydroxyl groups excluding tert-OH is 1. The van der Waals surface area contributed by atoms with Crippen molar-refractivity contribution < 1.29 is 19.5 Å². The minimum atomic E-state index is -0.587. The van der Waals surface area contributed by atoms with Gasteiger partial charge in [-0.2, -0.15) is 0 Å². The van der Waals surface area contributed by atoms with Crippen molar-refractivity contribution >= 4 is 58.0 Å². The number of aliphatic hydroxyl groups is 1. The maximum atomic E-state index is 11.2. The number of non-ortho nitro benzene ring substituents is 1. The molecular formula is C22H30Cl2N4O5. The molecule has 2 aromatic carbocycles. The van der Waals surface area contributed by atoms with E-state index in [2.05, 4.69) is 29.0 Å². The van der Waals surface area contributed by atoms with Crippen LogP contribution in [0.25, 0.3) is 21.8 Å². The van der Waals surface area contributed by atoms with Gasteiger partial charge in [0, 0.05) is 42.1 Å². The Hall–Kier alpha value is -2.59. The third-order valence-electron chi connectivity index (χ3n) is 5.35. The number of ether oxygens (including phenoxy) is 2. The Morgan fingerprint density at radius 1 is 1.06 bits per heavy atom. The first kappa shape index (κ1) is 28.4. The molecule has 2 N–H and O–H groups in total. The number of rotatable bonds is 10. The summed E-state index contributed by atoms with van der Waals surface area (Å²) in [6, 6.07) is 8.14. The fraction of sp³-hybridized carbons (Fsp3) is 0.409. The number of likely N-dealkylation sites (N-methyl/N-ethyl adjacent to an activating group) is 1. The van der Waals surface area contributed by atoms with Gasteiger partial charge < -0.3 is 24.8 Å². The second-order valence-corrected chi connectivity index (χ2v) is 7.19. The van der Waals surface area contributed by atoms with Crippen LogP contribution in [0.1, 0.15) is 13.8 Å². The summed E-state index contributed by atoms with van der Waals surface area (Å²) in [7, 11) is 3.10. The summed E-state index contributed by atoms with van der Waals surface area (Å²) >= 11 is 0. The monoisotopic (exact) mass is 500 g/mol. The van der Waals surface area contributed by atoms with Crippen molar-refractivity contribution in [1.82, 2.24) is 9.88 Å². The molecule has 182 valence electrons. The third kappa shape index (κ3) is 6.26. The van der Waals surface area contributed by atoms with Crippen LogP contribution in [0.3, 0.4) is 0 Å². The van der Waals surface area contributed by atoms with E-state index in [9.17, 15) is 15.2 Å². The van der Waals surface area contributed by atoms with Crippen molar-refractivity contribution in [1.29, 1.82) is 0 Å². The number of benzene rings is 2. The highest BCUT2D eigenvalue weighted by atomic mass is 35.5. The van der Waals surface area contributed by atoms with Crippen LogP contribution in [-0.4, -0.2) is 66.4 Å². The third-order valence-corrected chi connectivity index (χ3v) is 5.35. The lowest BCUT2D eigenvalue weighted by Crippen LogP contribution is -2.36. The molecule has 0 aliphatic heterocycles. The number of nitro benzene ring substituents is 1. The zero-order valence-electron chi connectivity index (χ0n) is 19.0. The van der Waals surface area contributed by atoms with E-state index in [1.54, 1.807) is 19.2 Å². The molecule has 1 aromatic heterocycles. The molecule has 0 aliphatic carbocycles. The van der Waals surface area contributed by atoms with E-state index in [0.29, 0.717) is 35.6 Å². The number of pyridine rings is 1. The van der Waals surface area contributed by atoms with Gasteiger partial charge in [-0.3, -0.25) is 10.1 Å². The van der Waals surface area contributed by atoms with E-state index in [-0.39, 0.29) is 30.5 Å². The van der Waals surface area contributed by atoms with Gasteiger partial charge in [0.25, 0.3) is 5.69 Å². The summed E-state index contributed by atoms with van der Waals surface area (Å²) in [5.41, 5.74) is 1.78. The van der Waals surface area contributed by atoms with E-state index in [4.69, 9.17) is 9.47 Å². The summed E-state index contributed by atoms with van der Waals surface area (Å²) < 4.78 is 10.8. The lowest BCUT2D eigenvalue weighted by atomic mass is 10.1. The second-order valence-electron chi connectivity index (χ2n) is 7.19. The number of fused-ring (bicyclic) bond motifs is 2. The molecule has 3 rings (SSSR count). The zero-order chi connectivity index (χ0) is 22.5. The predicted molar refractivity (Wildman–Crippen MR) is 136 cm³/mol. The number of nitrogens with zero attached hydrogens (tertiary/aromatic N) is 3. The molecular weight excluding hydrogens is 471 g/mol. The Morgan fingerprint density at radius 3 is 2.24 bits per heavy atom. The first-order chi connectivity index (χ1) is 14.9. The average molecular weight is 501 g/mol. The van der Waals surface area contributed by atoms with Gasteiger partial charge in [-0.05, 0) is 25.2 Å². The molecule has 9 nitrogen and oxygen atoms in total. The van der Waals surface area contributed by atoms with Crippen molar-refractivity contribution in [2.75, 3.05) is 45.7 Å². The lowest BCUT2D eigenvalue weighted by molar-refractivity contribution is -0.384. The fourth-order valence-electron chi connectivity index (χ4n) is 3.63. The quantitative estimate of drug-likeness (QED) is 0.241. The molecule has 1 unspecified atom stereocenters. The zero-order valence-corrected chi connectivity index (χ0v) is 20.7. The molecule has 0 aliphatic rings. The van der Waals surface area contributed by atoms with Crippen LogP contribution >= 0.6 is 24.8 Å². The van der Waals surface area contributed by atoms with Gasteiger partial charge in [-0.15, -0.1) is 24.8 Å². The Bertz CT molecular complexity index is 1100. The maximum Gasteiger partial charge on any atom is 0.271 e. The van der Waals surface area contributed by atoms with E-state index in [1.165, 1.54) is 19.2 Å². The number of hydrogen-bond acceptors (Lipinski definition) is 8. The fourth-order valence-corrected chi connectivity index (χ4v) is 3.63. The van der Waals surface area contributed by atoms with Crippen LogP contribution in [0.4, 0.5) is 11.4 Å². The molecule has 0 radical (unpaired) electrons. The van der Waals surface area contributed by atoms with Crippen molar-refractivity contribution in [2.45, 2.75) is 20.0 Å². The van der Waals surface area contributed by atoms with Crippen molar-refractivity contribution in [2.24, 2.45) is 0 Å². The summed E-state index contributed by atoms with van der Waals surface area (Å²) in [5, 5.41) is 26.6. The Morgan fingerprint density at radius 2 is 1.67 bits per heavy atom.